The van der Waals surface area contributed by atoms with Crippen LogP contribution in [-0.4, -0.2) is 47.5 Å². The maximum absolute atomic E-state index is 12.8. The van der Waals surface area contributed by atoms with Gasteiger partial charge in [0.1, 0.15) is 0 Å². The Kier molecular flexibility index (Phi) is 6.46. The van der Waals surface area contributed by atoms with E-state index in [0.29, 0.717) is 22.2 Å². The fourth-order valence-electron chi connectivity index (χ4n) is 2.57. The van der Waals surface area contributed by atoms with Crippen molar-refractivity contribution >= 4 is 40.5 Å². The number of carbonyl (C=O) groups excluding carboxylic acids is 2. The fourth-order valence-corrected chi connectivity index (χ4v) is 3.52. The summed E-state index contributed by atoms with van der Waals surface area (Å²) in [6.45, 7) is 3.99. The number of thioether (sulfide) groups is 1. The van der Waals surface area contributed by atoms with Crippen molar-refractivity contribution in [1.29, 1.82) is 0 Å². The van der Waals surface area contributed by atoms with Gasteiger partial charge in [-0.05, 0) is 47.7 Å². The molecular formula is C21H21N5O2S. The summed E-state index contributed by atoms with van der Waals surface area (Å²) < 4.78 is 0. The highest BCUT2D eigenvalue weighted by Gasteiger charge is 2.32. The van der Waals surface area contributed by atoms with Gasteiger partial charge in [0.2, 0.25) is 0 Å². The van der Waals surface area contributed by atoms with Crippen LogP contribution in [0.3, 0.4) is 0 Å². The SMILES string of the molecule is C=CCN1C(=O)/C(=C\c2ccc(N(C)C)cc2)S/C1=N\NC(=O)c1ccncc1. The highest BCUT2D eigenvalue weighted by molar-refractivity contribution is 8.18. The summed E-state index contributed by atoms with van der Waals surface area (Å²) in [6.07, 6.45) is 6.49. The van der Waals surface area contributed by atoms with Crippen molar-refractivity contribution in [2.24, 2.45) is 5.10 Å². The van der Waals surface area contributed by atoms with Gasteiger partial charge in [-0.2, -0.15) is 0 Å². The molecular weight excluding hydrogens is 386 g/mol. The first-order chi connectivity index (χ1) is 14.0. The third kappa shape index (κ3) is 4.91. The van der Waals surface area contributed by atoms with Crippen molar-refractivity contribution in [3.63, 3.8) is 0 Å². The predicted molar refractivity (Wildman–Crippen MR) is 117 cm³/mol. The van der Waals surface area contributed by atoms with Gasteiger partial charge < -0.3 is 4.90 Å². The van der Waals surface area contributed by atoms with Crippen LogP contribution in [0.1, 0.15) is 15.9 Å². The Morgan fingerprint density at radius 3 is 2.55 bits per heavy atom. The zero-order chi connectivity index (χ0) is 20.8. The van der Waals surface area contributed by atoms with Gasteiger partial charge in [0.25, 0.3) is 11.8 Å². The lowest BCUT2D eigenvalue weighted by Gasteiger charge is -2.12. The zero-order valence-corrected chi connectivity index (χ0v) is 17.0. The van der Waals surface area contributed by atoms with Crippen molar-refractivity contribution in [1.82, 2.24) is 15.3 Å². The van der Waals surface area contributed by atoms with Crippen LogP contribution in [0.4, 0.5) is 5.69 Å². The van der Waals surface area contributed by atoms with Crippen LogP contribution in [0, 0.1) is 0 Å². The number of pyridine rings is 1. The van der Waals surface area contributed by atoms with Crippen molar-refractivity contribution < 1.29 is 9.59 Å². The monoisotopic (exact) mass is 407 g/mol. The Morgan fingerprint density at radius 2 is 1.93 bits per heavy atom. The van der Waals surface area contributed by atoms with E-state index in [4.69, 9.17) is 0 Å². The number of benzene rings is 1. The van der Waals surface area contributed by atoms with Crippen molar-refractivity contribution in [2.45, 2.75) is 0 Å². The highest BCUT2D eigenvalue weighted by atomic mass is 32.2. The van der Waals surface area contributed by atoms with Gasteiger partial charge in [0.05, 0.1) is 4.91 Å². The van der Waals surface area contributed by atoms with Gasteiger partial charge in [-0.1, -0.05) is 18.2 Å². The number of hydrogen-bond donors (Lipinski definition) is 1. The van der Waals surface area contributed by atoms with Gasteiger partial charge in [0.15, 0.2) is 5.17 Å². The molecule has 2 aromatic rings. The van der Waals surface area contributed by atoms with Crippen LogP contribution in [0.25, 0.3) is 6.08 Å². The molecule has 8 heteroatoms. The molecule has 3 rings (SSSR count). The molecule has 0 saturated carbocycles. The molecule has 29 heavy (non-hydrogen) atoms. The standard InChI is InChI=1S/C21H21N5O2S/c1-4-13-26-20(28)18(14-15-5-7-17(8-6-15)25(2)3)29-21(26)24-23-19(27)16-9-11-22-12-10-16/h4-12,14H,1,13H2,2-3H3,(H,23,27)/b18-14+,24-21-. The summed E-state index contributed by atoms with van der Waals surface area (Å²) >= 11 is 1.21. The van der Waals surface area contributed by atoms with Crippen molar-refractivity contribution in [2.75, 3.05) is 25.5 Å². The molecule has 7 nitrogen and oxygen atoms in total. The summed E-state index contributed by atoms with van der Waals surface area (Å²) in [5.41, 5.74) is 4.91. The minimum atomic E-state index is -0.372. The van der Waals surface area contributed by atoms with E-state index in [1.165, 1.54) is 29.1 Å². The van der Waals surface area contributed by atoms with Crippen molar-refractivity contribution in [3.8, 4) is 0 Å². The molecule has 148 valence electrons. The van der Waals surface area contributed by atoms with E-state index < -0.39 is 0 Å². The second-order valence-electron chi connectivity index (χ2n) is 6.37. The van der Waals surface area contributed by atoms with Gasteiger partial charge >= 0.3 is 0 Å². The summed E-state index contributed by atoms with van der Waals surface area (Å²) in [4.78, 5) is 32.9. The van der Waals surface area contributed by atoms with Gasteiger partial charge in [-0.25, -0.2) is 5.43 Å². The number of nitrogens with one attached hydrogen (secondary N) is 1. The number of rotatable bonds is 6. The number of amides is 2. The molecule has 0 bridgehead atoms. The normalized spacial score (nSPS) is 16.3. The largest absolute Gasteiger partial charge is 0.378 e. The van der Waals surface area contributed by atoms with Crippen molar-refractivity contribution in [3.05, 3.63) is 77.5 Å². The van der Waals surface area contributed by atoms with E-state index >= 15 is 0 Å². The first kappa shape index (κ1) is 20.3. The predicted octanol–water partition coefficient (Wildman–Crippen LogP) is 2.95. The summed E-state index contributed by atoms with van der Waals surface area (Å²) in [7, 11) is 3.94. The van der Waals surface area contributed by atoms with E-state index in [2.05, 4.69) is 22.1 Å². The number of anilines is 1. The van der Waals surface area contributed by atoms with Crippen LogP contribution in [-0.2, 0) is 4.79 Å². The lowest BCUT2D eigenvalue weighted by molar-refractivity contribution is -0.121. The molecule has 2 heterocycles. The van der Waals surface area contributed by atoms with Gasteiger partial charge in [-0.15, -0.1) is 11.7 Å². The maximum Gasteiger partial charge on any atom is 0.271 e. The number of hydrazone groups is 1. The molecule has 0 atom stereocenters. The Labute approximate surface area is 173 Å². The lowest BCUT2D eigenvalue weighted by atomic mass is 10.2. The lowest BCUT2D eigenvalue weighted by Crippen LogP contribution is -2.31. The van der Waals surface area contributed by atoms with E-state index in [-0.39, 0.29) is 11.8 Å². The molecule has 1 aliphatic heterocycles. The molecule has 0 unspecified atom stereocenters. The summed E-state index contributed by atoms with van der Waals surface area (Å²) in [5, 5.41) is 4.55. The smallest absolute Gasteiger partial charge is 0.271 e. The quantitative estimate of drug-likeness (QED) is 0.453. The molecule has 1 aromatic heterocycles. The molecule has 1 aromatic carbocycles. The third-order valence-electron chi connectivity index (χ3n) is 4.10. The zero-order valence-electron chi connectivity index (χ0n) is 16.2. The Balaban J connectivity index is 1.80. The second-order valence-corrected chi connectivity index (χ2v) is 7.38. The molecule has 1 N–H and O–H groups in total. The molecule has 0 spiro atoms. The Hall–Kier alpha value is -3.39. The molecule has 1 aliphatic rings. The summed E-state index contributed by atoms with van der Waals surface area (Å²) in [6, 6.07) is 11.1. The van der Waals surface area contributed by atoms with Crippen LogP contribution in [0.5, 0.6) is 0 Å². The molecule has 0 aliphatic carbocycles. The minimum Gasteiger partial charge on any atom is -0.378 e. The van der Waals surface area contributed by atoms with Crippen LogP contribution in [0.2, 0.25) is 0 Å². The summed E-state index contributed by atoms with van der Waals surface area (Å²) in [5.74, 6) is -0.549. The number of carbonyl (C=O) groups is 2. The molecule has 1 fully saturated rings. The number of hydrogen-bond acceptors (Lipinski definition) is 6. The maximum atomic E-state index is 12.8. The van der Waals surface area contributed by atoms with E-state index in [1.807, 2.05) is 49.3 Å². The first-order valence-corrected chi connectivity index (χ1v) is 9.69. The first-order valence-electron chi connectivity index (χ1n) is 8.87. The van der Waals surface area contributed by atoms with Gasteiger partial charge in [-0.3, -0.25) is 19.5 Å². The Morgan fingerprint density at radius 1 is 1.24 bits per heavy atom. The average Bonchev–Trinajstić information content (AvgIpc) is 3.02. The van der Waals surface area contributed by atoms with E-state index in [0.717, 1.165) is 11.3 Å². The second kappa shape index (κ2) is 9.20. The number of aromatic nitrogens is 1. The van der Waals surface area contributed by atoms with E-state index in [1.54, 1.807) is 18.2 Å². The van der Waals surface area contributed by atoms with E-state index in [9.17, 15) is 9.59 Å². The topological polar surface area (TPSA) is 77.9 Å². The fraction of sp³-hybridized carbons (Fsp3) is 0.143. The van der Waals surface area contributed by atoms with Crippen LogP contribution >= 0.6 is 11.8 Å². The van der Waals surface area contributed by atoms with Gasteiger partial charge in [0, 0.05) is 44.3 Å². The molecule has 2 amide bonds. The molecule has 1 saturated heterocycles. The average molecular weight is 407 g/mol. The number of nitrogens with zero attached hydrogens (tertiary/aromatic N) is 4. The van der Waals surface area contributed by atoms with Crippen LogP contribution < -0.4 is 10.3 Å². The Bertz CT molecular complexity index is 968. The van der Waals surface area contributed by atoms with Crippen LogP contribution in [0.15, 0.2) is 71.5 Å². The molecule has 0 radical (unpaired) electrons. The highest BCUT2D eigenvalue weighted by Crippen LogP contribution is 2.32. The number of amidine groups is 1. The minimum absolute atomic E-state index is 0.177. The third-order valence-corrected chi connectivity index (χ3v) is 5.11.